The average Bonchev–Trinajstić information content (AvgIpc) is 3.82. The Hall–Kier alpha value is -5.95. The number of aromatic amines is 2. The molecule has 0 saturated heterocycles. The Morgan fingerprint density at radius 2 is 1.07 bits per heavy atom. The SMILES string of the molecule is N#C/C(=C(/C(=C(/C#N)c1c[nH]c2ccc(Br)cc12)c1cnccc1Sc1ccc(F)cc1)c1cnccc1Sc1ccc(F)cc1)c1c[nH]c2ccc(Cl)cc12. The van der Waals surface area contributed by atoms with Crippen LogP contribution < -0.4 is 0 Å². The van der Waals surface area contributed by atoms with E-state index in [0.717, 1.165) is 30.7 Å². The Labute approximate surface area is 341 Å². The molecule has 0 radical (unpaired) electrons. The van der Waals surface area contributed by atoms with Crippen molar-refractivity contribution in [3.05, 3.63) is 178 Å². The third-order valence-corrected chi connectivity index (χ3v) is 11.9. The van der Waals surface area contributed by atoms with Crippen molar-refractivity contribution >= 4 is 95.2 Å². The third-order valence-electron chi connectivity index (χ3n) is 8.98. The van der Waals surface area contributed by atoms with Gasteiger partial charge in [0.25, 0.3) is 0 Å². The van der Waals surface area contributed by atoms with Crippen LogP contribution in [0.1, 0.15) is 22.3 Å². The molecular formula is C44H24BrClF2N6S2. The van der Waals surface area contributed by atoms with Crippen molar-refractivity contribution in [3.63, 3.8) is 0 Å². The second-order valence-electron chi connectivity index (χ2n) is 12.4. The van der Waals surface area contributed by atoms with E-state index < -0.39 is 0 Å². The van der Waals surface area contributed by atoms with Gasteiger partial charge in [0.15, 0.2) is 0 Å². The molecule has 56 heavy (non-hydrogen) atoms. The number of rotatable bonds is 9. The molecule has 0 fully saturated rings. The van der Waals surface area contributed by atoms with Crippen LogP contribution in [0.3, 0.4) is 0 Å². The van der Waals surface area contributed by atoms with Gasteiger partial charge in [-0.05, 0) is 97.1 Å². The number of halogens is 4. The highest BCUT2D eigenvalue weighted by atomic mass is 79.9. The van der Waals surface area contributed by atoms with Gasteiger partial charge in [-0.1, -0.05) is 51.1 Å². The van der Waals surface area contributed by atoms with Crippen molar-refractivity contribution in [2.75, 3.05) is 0 Å². The van der Waals surface area contributed by atoms with E-state index in [1.165, 1.54) is 47.8 Å². The lowest BCUT2D eigenvalue weighted by molar-refractivity contribution is 0.626. The number of pyridine rings is 2. The van der Waals surface area contributed by atoms with Gasteiger partial charge in [-0.3, -0.25) is 9.97 Å². The first kappa shape index (κ1) is 37.0. The summed E-state index contributed by atoms with van der Waals surface area (Å²) < 4.78 is 28.9. The van der Waals surface area contributed by atoms with Crippen LogP contribution >= 0.6 is 51.1 Å². The second-order valence-corrected chi connectivity index (χ2v) is 15.9. The molecule has 0 aliphatic rings. The summed E-state index contributed by atoms with van der Waals surface area (Å²) in [5.74, 6) is -0.737. The number of nitrogens with one attached hydrogen (secondary N) is 2. The topological polar surface area (TPSA) is 105 Å². The molecule has 0 unspecified atom stereocenters. The maximum absolute atomic E-state index is 14.1. The number of nitriles is 2. The summed E-state index contributed by atoms with van der Waals surface area (Å²) in [6.45, 7) is 0. The fourth-order valence-electron chi connectivity index (χ4n) is 6.47. The lowest BCUT2D eigenvalue weighted by Crippen LogP contribution is -2.03. The molecule has 4 aromatic heterocycles. The Balaban J connectivity index is 1.52. The Morgan fingerprint density at radius 1 is 0.607 bits per heavy atom. The Kier molecular flexibility index (Phi) is 10.6. The number of allylic oxidation sites excluding steroid dienone is 4. The first-order chi connectivity index (χ1) is 27.3. The molecule has 8 aromatic rings. The van der Waals surface area contributed by atoms with Crippen LogP contribution in [0.2, 0.25) is 5.02 Å². The molecule has 12 heteroatoms. The molecule has 0 aliphatic heterocycles. The summed E-state index contributed by atoms with van der Waals surface area (Å²) in [5, 5.41) is 24.7. The van der Waals surface area contributed by atoms with Crippen molar-refractivity contribution in [2.45, 2.75) is 19.6 Å². The molecule has 4 heterocycles. The summed E-state index contributed by atoms with van der Waals surface area (Å²) in [6.07, 6.45) is 10.2. The van der Waals surface area contributed by atoms with E-state index in [2.05, 4.69) is 48.0 Å². The minimum Gasteiger partial charge on any atom is -0.361 e. The van der Waals surface area contributed by atoms with Gasteiger partial charge in [0.1, 0.15) is 23.8 Å². The van der Waals surface area contributed by atoms with Gasteiger partial charge in [0.2, 0.25) is 0 Å². The highest BCUT2D eigenvalue weighted by molar-refractivity contribution is 9.10. The molecule has 0 bridgehead atoms. The predicted octanol–water partition coefficient (Wildman–Crippen LogP) is 13.0. The lowest BCUT2D eigenvalue weighted by Gasteiger charge is -2.22. The number of benzene rings is 4. The van der Waals surface area contributed by atoms with E-state index in [-0.39, 0.29) is 22.8 Å². The summed E-state index contributed by atoms with van der Waals surface area (Å²) in [4.78, 5) is 18.6. The molecule has 0 saturated carbocycles. The quantitative estimate of drug-likeness (QED) is 0.111. The van der Waals surface area contributed by atoms with E-state index in [4.69, 9.17) is 11.6 Å². The molecule has 8 rings (SSSR count). The van der Waals surface area contributed by atoms with Crippen LogP contribution in [-0.2, 0) is 0 Å². The molecule has 2 N–H and O–H groups in total. The zero-order valence-electron chi connectivity index (χ0n) is 28.8. The van der Waals surface area contributed by atoms with Gasteiger partial charge in [-0.2, -0.15) is 10.5 Å². The van der Waals surface area contributed by atoms with Gasteiger partial charge < -0.3 is 9.97 Å². The highest BCUT2D eigenvalue weighted by Crippen LogP contribution is 2.49. The van der Waals surface area contributed by atoms with E-state index in [0.29, 0.717) is 53.6 Å². The average molecular weight is 854 g/mol. The van der Waals surface area contributed by atoms with Gasteiger partial charge >= 0.3 is 0 Å². The second kappa shape index (κ2) is 16.0. The van der Waals surface area contributed by atoms with E-state index in [9.17, 15) is 19.3 Å². The highest BCUT2D eigenvalue weighted by Gasteiger charge is 2.29. The molecule has 0 spiro atoms. The minimum atomic E-state index is -0.369. The largest absolute Gasteiger partial charge is 0.361 e. The zero-order chi connectivity index (χ0) is 38.8. The number of hydrogen-bond acceptors (Lipinski definition) is 6. The third kappa shape index (κ3) is 7.38. The normalized spacial score (nSPS) is 12.2. The molecule has 270 valence electrons. The van der Waals surface area contributed by atoms with Gasteiger partial charge in [-0.25, -0.2) is 8.78 Å². The standard InChI is InChI=1S/C44H24BrClF2N6S2/c45-25-1-11-39-31(17-25)35(23-53-39)33(19-49)43(37-21-51-15-13-41(37)55-29-7-3-27(47)4-8-29)44(34(20-50)36-24-54-40-12-2-26(46)18-32(36)40)38-22-52-16-14-42(38)56-30-9-5-28(48)6-10-30/h1-18,21-24,53-54H/b43-33-,44-34-. The summed E-state index contributed by atoms with van der Waals surface area (Å²) in [6, 6.07) is 32.1. The summed E-state index contributed by atoms with van der Waals surface area (Å²) in [7, 11) is 0. The fourth-order valence-corrected chi connectivity index (χ4v) is 8.84. The number of nitrogens with zero attached hydrogens (tertiary/aromatic N) is 4. The van der Waals surface area contributed by atoms with Crippen molar-refractivity contribution < 1.29 is 8.78 Å². The van der Waals surface area contributed by atoms with Crippen LogP contribution in [0.15, 0.2) is 158 Å². The first-order valence-corrected chi connectivity index (χ1v) is 19.7. The Morgan fingerprint density at radius 3 is 1.55 bits per heavy atom. The van der Waals surface area contributed by atoms with Crippen LogP contribution in [0.4, 0.5) is 8.78 Å². The van der Waals surface area contributed by atoms with Gasteiger partial charge in [0, 0.05) is 121 Å². The monoisotopic (exact) mass is 852 g/mol. The van der Waals surface area contributed by atoms with E-state index >= 15 is 0 Å². The molecular weight excluding hydrogens is 830 g/mol. The smallest absolute Gasteiger partial charge is 0.123 e. The number of fused-ring (bicyclic) bond motifs is 2. The van der Waals surface area contributed by atoms with Crippen molar-refractivity contribution in [1.82, 2.24) is 19.9 Å². The predicted molar refractivity (Wildman–Crippen MR) is 224 cm³/mol. The number of aromatic nitrogens is 4. The summed E-state index contributed by atoms with van der Waals surface area (Å²) >= 11 is 12.9. The maximum atomic E-state index is 14.1. The van der Waals surface area contributed by atoms with Crippen LogP contribution in [0.25, 0.3) is 44.1 Å². The first-order valence-electron chi connectivity index (χ1n) is 16.9. The minimum absolute atomic E-state index is 0.234. The summed E-state index contributed by atoms with van der Waals surface area (Å²) in [5.41, 5.74) is 5.09. The van der Waals surface area contributed by atoms with Gasteiger partial charge in [0.05, 0.1) is 11.1 Å². The number of hydrogen-bond donors (Lipinski definition) is 2. The molecule has 4 aromatic carbocycles. The molecule has 0 aliphatic carbocycles. The van der Waals surface area contributed by atoms with Gasteiger partial charge in [-0.15, -0.1) is 0 Å². The van der Waals surface area contributed by atoms with Crippen molar-refractivity contribution in [2.24, 2.45) is 0 Å². The molecule has 0 amide bonds. The molecule has 6 nitrogen and oxygen atoms in total. The zero-order valence-corrected chi connectivity index (χ0v) is 32.8. The van der Waals surface area contributed by atoms with Crippen LogP contribution in [-0.4, -0.2) is 19.9 Å². The van der Waals surface area contributed by atoms with Crippen molar-refractivity contribution in [3.8, 4) is 12.1 Å². The van der Waals surface area contributed by atoms with Crippen LogP contribution in [0, 0.1) is 34.3 Å². The van der Waals surface area contributed by atoms with E-state index in [1.54, 1.807) is 73.6 Å². The maximum Gasteiger partial charge on any atom is 0.123 e. The lowest BCUT2D eigenvalue weighted by atomic mass is 9.83. The number of H-pyrrole nitrogens is 2. The van der Waals surface area contributed by atoms with Crippen molar-refractivity contribution in [1.29, 1.82) is 10.5 Å². The van der Waals surface area contributed by atoms with Crippen LogP contribution in [0.5, 0.6) is 0 Å². The molecule has 0 atom stereocenters. The van der Waals surface area contributed by atoms with E-state index in [1.807, 2.05) is 36.4 Å². The Bertz CT molecular complexity index is 2740. The fraction of sp³-hybridized carbons (Fsp3) is 0.